The highest BCUT2D eigenvalue weighted by molar-refractivity contribution is 5.99. The van der Waals surface area contributed by atoms with Crippen LogP contribution in [0.5, 0.6) is 5.75 Å². The van der Waals surface area contributed by atoms with E-state index in [1.807, 2.05) is 30.3 Å². The topological polar surface area (TPSA) is 41.5 Å². The van der Waals surface area contributed by atoms with Crippen LogP contribution in [-0.4, -0.2) is 12.3 Å². The molecule has 0 bridgehead atoms. The zero-order chi connectivity index (χ0) is 9.10. The van der Waals surface area contributed by atoms with E-state index in [2.05, 4.69) is 5.16 Å². The zero-order valence-corrected chi connectivity index (χ0v) is 6.93. The highest BCUT2D eigenvalue weighted by Gasteiger charge is 2.04. The highest BCUT2D eigenvalue weighted by Crippen LogP contribution is 2.21. The lowest BCUT2D eigenvalue weighted by molar-refractivity contribution is 0.240. The van der Waals surface area contributed by atoms with Gasteiger partial charge in [0.2, 0.25) is 0 Å². The third-order valence-electron chi connectivity index (χ3n) is 1.78. The molecule has 1 aromatic carbocycles. The van der Waals surface area contributed by atoms with Crippen LogP contribution < -0.4 is 4.84 Å². The molecule has 1 radical (unpaired) electrons. The fraction of sp³-hybridized carbons (Fsp3) is 0.100. The molecule has 13 heavy (non-hydrogen) atoms. The average molecular weight is 174 g/mol. The number of oxime groups is 1. The maximum Gasteiger partial charge on any atom is 0.165 e. The van der Waals surface area contributed by atoms with Crippen LogP contribution >= 0.6 is 0 Å². The molecule has 0 aliphatic carbocycles. The summed E-state index contributed by atoms with van der Waals surface area (Å²) in [5.41, 5.74) is 1.35. The summed E-state index contributed by atoms with van der Waals surface area (Å²) in [7, 11) is 0. The normalized spacial score (nSPS) is 14.1. The number of hydrogen-bond donors (Lipinski definition) is 0. The molecule has 0 spiro atoms. The van der Waals surface area contributed by atoms with Gasteiger partial charge in [0.15, 0.2) is 5.75 Å². The van der Waals surface area contributed by atoms with Crippen LogP contribution in [0.15, 0.2) is 35.5 Å². The summed E-state index contributed by atoms with van der Waals surface area (Å²) in [6, 6.07) is 7.51. The number of fused-ring (bicyclic) bond motifs is 1. The molecule has 0 unspecified atom stereocenters. The zero-order valence-electron chi connectivity index (χ0n) is 6.93. The van der Waals surface area contributed by atoms with Crippen molar-refractivity contribution in [2.24, 2.45) is 5.16 Å². The number of hydrogen-bond acceptors (Lipinski definition) is 2. The molecular weight excluding hydrogens is 166 g/mol. The van der Waals surface area contributed by atoms with Gasteiger partial charge in [-0.3, -0.25) is 0 Å². The van der Waals surface area contributed by atoms with Gasteiger partial charge in [0, 0.05) is 5.56 Å². The summed E-state index contributed by atoms with van der Waals surface area (Å²) in [4.78, 5) is 5.08. The molecule has 3 nitrogen and oxygen atoms in total. The Kier molecular flexibility index (Phi) is 2.10. The molecular formula is C10H8NO2. The van der Waals surface area contributed by atoms with Crippen LogP contribution in [-0.2, 0) is 5.11 Å². The number of nitrogens with zero attached hydrogens (tertiary/aromatic N) is 1. The van der Waals surface area contributed by atoms with E-state index in [1.165, 1.54) is 0 Å². The van der Waals surface area contributed by atoms with Crippen molar-refractivity contribution in [3.8, 4) is 5.75 Å². The van der Waals surface area contributed by atoms with E-state index in [1.54, 1.807) is 6.08 Å². The first-order valence-electron chi connectivity index (χ1n) is 3.99. The molecule has 0 N–H and O–H groups in total. The third kappa shape index (κ3) is 1.60. The second-order valence-electron chi connectivity index (χ2n) is 2.69. The minimum absolute atomic E-state index is 0.357. The fourth-order valence-corrected chi connectivity index (χ4v) is 1.10. The van der Waals surface area contributed by atoms with Gasteiger partial charge in [-0.25, -0.2) is 5.11 Å². The van der Waals surface area contributed by atoms with Gasteiger partial charge in [-0.05, 0) is 18.2 Å². The van der Waals surface area contributed by atoms with E-state index in [0.29, 0.717) is 11.5 Å². The van der Waals surface area contributed by atoms with Gasteiger partial charge < -0.3 is 4.84 Å². The van der Waals surface area contributed by atoms with Gasteiger partial charge in [-0.2, -0.15) is 0 Å². The first kappa shape index (κ1) is 8.01. The Morgan fingerprint density at radius 3 is 2.92 bits per heavy atom. The minimum Gasteiger partial charge on any atom is -0.356 e. The molecule has 1 aliphatic rings. The van der Waals surface area contributed by atoms with Gasteiger partial charge in [0.05, 0.1) is 0 Å². The van der Waals surface area contributed by atoms with E-state index in [-0.39, 0.29) is 6.61 Å². The summed E-state index contributed by atoms with van der Waals surface area (Å²) in [6.07, 6.45) is 3.51. The van der Waals surface area contributed by atoms with Crippen LogP contribution in [0.25, 0.3) is 6.08 Å². The molecule has 65 valence electrons. The standard InChI is InChI=1S/C10H8NO2/c12-7-9-6-5-8-3-1-2-4-10(8)13-11-9/h1-6H,7H2. The van der Waals surface area contributed by atoms with Crippen molar-refractivity contribution < 1.29 is 9.94 Å². The highest BCUT2D eigenvalue weighted by atomic mass is 16.6. The fourth-order valence-electron chi connectivity index (χ4n) is 1.10. The quantitative estimate of drug-likeness (QED) is 0.640. The van der Waals surface area contributed by atoms with Crippen molar-refractivity contribution >= 4 is 11.8 Å². The number of para-hydroxylation sites is 1. The second kappa shape index (κ2) is 3.41. The largest absolute Gasteiger partial charge is 0.356 e. The Balaban J connectivity index is 2.39. The Bertz CT molecular complexity index is 369. The summed E-state index contributed by atoms with van der Waals surface area (Å²) in [5.74, 6) is 0.683. The molecule has 0 amide bonds. The first-order chi connectivity index (χ1) is 6.40. The Hall–Kier alpha value is -1.61. The maximum atomic E-state index is 10.5. The molecule has 1 aromatic rings. The van der Waals surface area contributed by atoms with Gasteiger partial charge in [0.1, 0.15) is 12.3 Å². The van der Waals surface area contributed by atoms with Crippen LogP contribution in [0.1, 0.15) is 5.56 Å². The predicted molar refractivity (Wildman–Crippen MR) is 49.1 cm³/mol. The number of rotatable bonds is 1. The molecule has 0 aromatic heterocycles. The Labute approximate surface area is 76.0 Å². The van der Waals surface area contributed by atoms with Crippen molar-refractivity contribution in [2.75, 3.05) is 6.61 Å². The van der Waals surface area contributed by atoms with E-state index < -0.39 is 0 Å². The molecule has 0 saturated carbocycles. The molecule has 2 rings (SSSR count). The lowest BCUT2D eigenvalue weighted by atomic mass is 10.2. The molecule has 0 fully saturated rings. The smallest absolute Gasteiger partial charge is 0.165 e. The predicted octanol–water partition coefficient (Wildman–Crippen LogP) is 1.88. The lowest BCUT2D eigenvalue weighted by Crippen LogP contribution is -1.99. The van der Waals surface area contributed by atoms with E-state index in [9.17, 15) is 5.11 Å². The maximum absolute atomic E-state index is 10.5. The molecule has 3 heteroatoms. The summed E-state index contributed by atoms with van der Waals surface area (Å²) >= 11 is 0. The second-order valence-corrected chi connectivity index (χ2v) is 2.69. The lowest BCUT2D eigenvalue weighted by Gasteiger charge is -1.99. The minimum atomic E-state index is -0.357. The van der Waals surface area contributed by atoms with Crippen LogP contribution in [0.2, 0.25) is 0 Å². The molecule has 1 heterocycles. The van der Waals surface area contributed by atoms with E-state index in [4.69, 9.17) is 4.84 Å². The third-order valence-corrected chi connectivity index (χ3v) is 1.78. The van der Waals surface area contributed by atoms with Gasteiger partial charge in [-0.1, -0.05) is 23.4 Å². The van der Waals surface area contributed by atoms with Crippen molar-refractivity contribution in [3.05, 3.63) is 35.9 Å². The summed E-state index contributed by atoms with van der Waals surface area (Å²) in [5, 5.41) is 14.2. The van der Waals surface area contributed by atoms with Crippen LogP contribution in [0.4, 0.5) is 0 Å². The SMILES string of the molecule is [O]CC1=NOc2ccccc2C=C1. The van der Waals surface area contributed by atoms with E-state index in [0.717, 1.165) is 5.56 Å². The average Bonchev–Trinajstić information content (AvgIpc) is 2.39. The van der Waals surface area contributed by atoms with Gasteiger partial charge >= 0.3 is 0 Å². The Morgan fingerprint density at radius 2 is 2.08 bits per heavy atom. The summed E-state index contributed by atoms with van der Waals surface area (Å²) in [6.45, 7) is -0.357. The number of benzene rings is 1. The van der Waals surface area contributed by atoms with Crippen molar-refractivity contribution in [1.29, 1.82) is 0 Å². The van der Waals surface area contributed by atoms with Crippen molar-refractivity contribution in [3.63, 3.8) is 0 Å². The van der Waals surface area contributed by atoms with Crippen LogP contribution in [0.3, 0.4) is 0 Å². The summed E-state index contributed by atoms with van der Waals surface area (Å²) < 4.78 is 0. The van der Waals surface area contributed by atoms with Crippen molar-refractivity contribution in [1.82, 2.24) is 0 Å². The first-order valence-corrected chi connectivity index (χ1v) is 3.99. The molecule has 0 atom stereocenters. The molecule has 0 saturated heterocycles. The van der Waals surface area contributed by atoms with E-state index >= 15 is 0 Å². The monoisotopic (exact) mass is 174 g/mol. The van der Waals surface area contributed by atoms with Gasteiger partial charge in [0.25, 0.3) is 0 Å². The van der Waals surface area contributed by atoms with Crippen LogP contribution in [0, 0.1) is 0 Å². The van der Waals surface area contributed by atoms with Gasteiger partial charge in [-0.15, -0.1) is 0 Å². The Morgan fingerprint density at radius 1 is 1.23 bits per heavy atom. The van der Waals surface area contributed by atoms with Crippen molar-refractivity contribution in [2.45, 2.75) is 0 Å². The molecule has 1 aliphatic heterocycles.